The maximum absolute atomic E-state index is 12.6. The van der Waals surface area contributed by atoms with Crippen LogP contribution in [0.5, 0.6) is 0 Å². The maximum Gasteiger partial charge on any atom is 0.435 e. The zero-order valence-corrected chi connectivity index (χ0v) is 16.2. The number of esters is 1. The van der Waals surface area contributed by atoms with E-state index in [0.29, 0.717) is 12.3 Å². The van der Waals surface area contributed by atoms with E-state index in [-0.39, 0.29) is 23.7 Å². The average molecular weight is 400 g/mol. The summed E-state index contributed by atoms with van der Waals surface area (Å²) in [6.07, 6.45) is 0.867. The van der Waals surface area contributed by atoms with Crippen molar-refractivity contribution in [3.05, 3.63) is 17.8 Å². The summed E-state index contributed by atoms with van der Waals surface area (Å²) in [6, 6.07) is 1.89. The van der Waals surface area contributed by atoms with Crippen molar-refractivity contribution in [2.45, 2.75) is 70.3 Å². The van der Waals surface area contributed by atoms with Crippen molar-refractivity contribution >= 4 is 11.8 Å². The summed E-state index contributed by atoms with van der Waals surface area (Å²) in [5, 5.41) is 13.3. The smallest absolute Gasteiger partial charge is 0.435 e. The molecule has 9 heteroatoms. The second kappa shape index (κ2) is 8.23. The van der Waals surface area contributed by atoms with Crippen molar-refractivity contribution in [3.63, 3.8) is 0 Å². The first-order valence-corrected chi connectivity index (χ1v) is 9.89. The maximum atomic E-state index is 12.6. The normalized spacial score (nSPS) is 27.6. The van der Waals surface area contributed by atoms with Crippen molar-refractivity contribution in [1.82, 2.24) is 15.5 Å². The molecule has 1 aromatic rings. The molecule has 0 amide bonds. The molecule has 2 N–H and O–H groups in total. The van der Waals surface area contributed by atoms with Crippen molar-refractivity contribution in [1.29, 1.82) is 0 Å². The molecule has 2 heterocycles. The first-order valence-electron chi connectivity index (χ1n) is 9.89. The quantitative estimate of drug-likeness (QED) is 0.511. The fourth-order valence-corrected chi connectivity index (χ4v) is 4.01. The van der Waals surface area contributed by atoms with Gasteiger partial charge in [-0.3, -0.25) is 10.1 Å². The Morgan fingerprint density at radius 3 is 2.79 bits per heavy atom. The van der Waals surface area contributed by atoms with Crippen LogP contribution in [-0.2, 0) is 15.7 Å². The van der Waals surface area contributed by atoms with Gasteiger partial charge in [-0.1, -0.05) is 33.1 Å². The molecule has 1 saturated heterocycles. The fraction of sp³-hybridized carbons (Fsp3) is 0.737. The number of alkyl halides is 3. The van der Waals surface area contributed by atoms with E-state index >= 15 is 0 Å². The SMILES string of the molecule is CCCCCC(C)C(=O)O[C@]12C[C@@H](CN1)C[C@H]2Nc1ccc(C(F)(F)F)nn1. The lowest BCUT2D eigenvalue weighted by Crippen LogP contribution is -2.57. The third kappa shape index (κ3) is 4.56. The van der Waals surface area contributed by atoms with Crippen LogP contribution in [0.4, 0.5) is 19.0 Å². The van der Waals surface area contributed by atoms with Gasteiger partial charge < -0.3 is 10.1 Å². The van der Waals surface area contributed by atoms with Crippen LogP contribution in [0.15, 0.2) is 12.1 Å². The lowest BCUT2D eigenvalue weighted by molar-refractivity contribution is -0.167. The Labute approximate surface area is 162 Å². The monoisotopic (exact) mass is 400 g/mol. The molecule has 1 aromatic heterocycles. The van der Waals surface area contributed by atoms with E-state index in [2.05, 4.69) is 27.8 Å². The van der Waals surface area contributed by atoms with Gasteiger partial charge >= 0.3 is 12.1 Å². The summed E-state index contributed by atoms with van der Waals surface area (Å²) in [7, 11) is 0. The van der Waals surface area contributed by atoms with Crippen LogP contribution in [0.3, 0.4) is 0 Å². The predicted molar refractivity (Wildman–Crippen MR) is 97.3 cm³/mol. The molecular formula is C19H27F3N4O2. The van der Waals surface area contributed by atoms with Gasteiger partial charge in [-0.25, -0.2) is 0 Å². The average Bonchev–Trinajstić information content (AvgIpc) is 3.19. The van der Waals surface area contributed by atoms with E-state index in [1.54, 1.807) is 0 Å². The fourth-order valence-electron chi connectivity index (χ4n) is 4.01. The second-order valence-electron chi connectivity index (χ2n) is 7.89. The highest BCUT2D eigenvalue weighted by Gasteiger charge is 2.55. The summed E-state index contributed by atoms with van der Waals surface area (Å²) in [5.41, 5.74) is -1.88. The zero-order chi connectivity index (χ0) is 20.4. The van der Waals surface area contributed by atoms with Crippen molar-refractivity contribution in [2.75, 3.05) is 11.9 Å². The van der Waals surface area contributed by atoms with E-state index in [1.807, 2.05) is 6.92 Å². The minimum absolute atomic E-state index is 0.186. The number of halogens is 3. The van der Waals surface area contributed by atoms with Crippen molar-refractivity contribution in [3.8, 4) is 0 Å². The minimum Gasteiger partial charge on any atom is -0.441 e. The van der Waals surface area contributed by atoms with Gasteiger partial charge in [-0.15, -0.1) is 10.2 Å². The molecule has 1 unspecified atom stereocenters. The van der Waals surface area contributed by atoms with Gasteiger partial charge in [0.05, 0.1) is 12.0 Å². The van der Waals surface area contributed by atoms with E-state index in [0.717, 1.165) is 44.7 Å². The van der Waals surface area contributed by atoms with E-state index in [9.17, 15) is 18.0 Å². The number of hydrogen-bond donors (Lipinski definition) is 2. The number of fused-ring (bicyclic) bond motifs is 2. The Morgan fingerprint density at radius 2 is 2.18 bits per heavy atom. The van der Waals surface area contributed by atoms with Gasteiger partial charge in [0.15, 0.2) is 11.4 Å². The molecule has 1 aliphatic carbocycles. The summed E-state index contributed by atoms with van der Waals surface area (Å²) in [6.45, 7) is 4.75. The van der Waals surface area contributed by atoms with Gasteiger partial charge in [0.2, 0.25) is 0 Å². The van der Waals surface area contributed by atoms with Crippen LogP contribution in [0.1, 0.15) is 58.1 Å². The Bertz CT molecular complexity index is 683. The largest absolute Gasteiger partial charge is 0.441 e. The number of anilines is 1. The van der Waals surface area contributed by atoms with E-state index in [4.69, 9.17) is 4.74 Å². The summed E-state index contributed by atoms with van der Waals surface area (Å²) >= 11 is 0. The highest BCUT2D eigenvalue weighted by atomic mass is 19.4. The number of nitrogens with zero attached hydrogens (tertiary/aromatic N) is 2. The first kappa shape index (κ1) is 20.8. The second-order valence-corrected chi connectivity index (χ2v) is 7.89. The van der Waals surface area contributed by atoms with Gasteiger partial charge in [0.25, 0.3) is 0 Å². The number of carbonyl (C=O) groups excluding carboxylic acids is 1. The van der Waals surface area contributed by atoms with Gasteiger partial charge in [0, 0.05) is 13.0 Å². The first-order chi connectivity index (χ1) is 13.2. The molecule has 4 atom stereocenters. The van der Waals surface area contributed by atoms with Crippen LogP contribution >= 0.6 is 0 Å². The molecule has 1 aliphatic heterocycles. The molecule has 2 bridgehead atoms. The topological polar surface area (TPSA) is 76.1 Å². The van der Waals surface area contributed by atoms with Crippen LogP contribution in [-0.4, -0.2) is 34.5 Å². The van der Waals surface area contributed by atoms with Crippen LogP contribution in [0.25, 0.3) is 0 Å². The molecule has 0 radical (unpaired) electrons. The Morgan fingerprint density at radius 1 is 1.39 bits per heavy atom. The lowest BCUT2D eigenvalue weighted by atomic mass is 10.0. The summed E-state index contributed by atoms with van der Waals surface area (Å²) < 4.78 is 43.8. The number of ether oxygens (including phenoxy) is 1. The van der Waals surface area contributed by atoms with Crippen LogP contribution in [0.2, 0.25) is 0 Å². The Hall–Kier alpha value is -1.90. The zero-order valence-electron chi connectivity index (χ0n) is 16.2. The molecule has 1 saturated carbocycles. The number of piperidine rings is 1. The number of nitrogens with one attached hydrogen (secondary N) is 2. The number of unbranched alkanes of at least 4 members (excludes halogenated alkanes) is 2. The van der Waals surface area contributed by atoms with Gasteiger partial charge in [-0.2, -0.15) is 13.2 Å². The third-order valence-corrected chi connectivity index (χ3v) is 5.62. The number of hydrogen-bond acceptors (Lipinski definition) is 6. The highest BCUT2D eigenvalue weighted by molar-refractivity contribution is 5.72. The van der Waals surface area contributed by atoms with Crippen LogP contribution in [0, 0.1) is 11.8 Å². The molecule has 6 nitrogen and oxygen atoms in total. The molecule has 0 spiro atoms. The Kier molecular flexibility index (Phi) is 6.12. The molecule has 0 aromatic carbocycles. The highest BCUT2D eigenvalue weighted by Crippen LogP contribution is 2.43. The molecule has 156 valence electrons. The Balaban J connectivity index is 1.64. The molecule has 3 rings (SSSR count). The number of rotatable bonds is 8. The van der Waals surface area contributed by atoms with Gasteiger partial charge in [0.1, 0.15) is 5.82 Å². The van der Waals surface area contributed by atoms with Crippen LogP contribution < -0.4 is 10.6 Å². The van der Waals surface area contributed by atoms with Gasteiger partial charge in [-0.05, 0) is 30.9 Å². The number of carbonyl (C=O) groups is 1. The standard InChI is InChI=1S/C19H27F3N4O2/c1-3-4-5-6-12(2)17(27)28-18-10-13(11-23-18)9-15(18)24-16-8-7-14(25-26-16)19(20,21)22/h7-8,12-13,15,23H,3-6,9-11H2,1-2H3,(H,24,26)/t12?,13-,15+,18-/m0/s1. The van der Waals surface area contributed by atoms with E-state index < -0.39 is 17.6 Å². The number of aromatic nitrogens is 2. The third-order valence-electron chi connectivity index (χ3n) is 5.62. The molecular weight excluding hydrogens is 373 g/mol. The van der Waals surface area contributed by atoms with E-state index in [1.165, 1.54) is 6.07 Å². The molecule has 2 fully saturated rings. The summed E-state index contributed by atoms with van der Waals surface area (Å²) in [4.78, 5) is 12.6. The lowest BCUT2D eigenvalue weighted by Gasteiger charge is -2.36. The van der Waals surface area contributed by atoms with Crippen molar-refractivity contribution < 1.29 is 22.7 Å². The van der Waals surface area contributed by atoms with Crippen molar-refractivity contribution in [2.24, 2.45) is 11.8 Å². The minimum atomic E-state index is -4.52. The molecule has 28 heavy (non-hydrogen) atoms. The summed E-state index contributed by atoms with van der Waals surface area (Å²) in [5.74, 6) is 0.159. The molecule has 2 aliphatic rings. The predicted octanol–water partition coefficient (Wildman–Crippen LogP) is 3.75.